The molecule has 4 heteroatoms. The molecule has 0 spiro atoms. The summed E-state index contributed by atoms with van der Waals surface area (Å²) in [6.07, 6.45) is 0.888. The number of carbonyl (C=O) groups excluding carboxylic acids is 1. The van der Waals surface area contributed by atoms with Crippen molar-refractivity contribution in [1.29, 1.82) is 0 Å². The van der Waals surface area contributed by atoms with Gasteiger partial charge in [0.05, 0.1) is 12.0 Å². The highest BCUT2D eigenvalue weighted by Crippen LogP contribution is 2.35. The van der Waals surface area contributed by atoms with E-state index in [4.69, 9.17) is 15.2 Å². The summed E-state index contributed by atoms with van der Waals surface area (Å²) in [6.45, 7) is 5.59. The highest BCUT2D eigenvalue weighted by molar-refractivity contribution is 5.76. The molecule has 0 aromatic carbocycles. The van der Waals surface area contributed by atoms with Gasteiger partial charge in [-0.15, -0.1) is 0 Å². The number of carbonyl (C=O) groups is 1. The topological polar surface area (TPSA) is 61.5 Å². The van der Waals surface area contributed by atoms with Gasteiger partial charge in [0.2, 0.25) is 0 Å². The van der Waals surface area contributed by atoms with E-state index >= 15 is 0 Å². The lowest BCUT2D eigenvalue weighted by molar-refractivity contribution is -0.146. The third-order valence-electron chi connectivity index (χ3n) is 2.04. The van der Waals surface area contributed by atoms with Crippen molar-refractivity contribution < 1.29 is 14.3 Å². The van der Waals surface area contributed by atoms with Gasteiger partial charge in [-0.25, -0.2) is 0 Å². The van der Waals surface area contributed by atoms with Crippen LogP contribution in [-0.2, 0) is 14.3 Å². The van der Waals surface area contributed by atoms with E-state index in [-0.39, 0.29) is 18.0 Å². The Hall–Kier alpha value is -0.610. The van der Waals surface area contributed by atoms with E-state index in [2.05, 4.69) is 13.8 Å². The van der Waals surface area contributed by atoms with Crippen molar-refractivity contribution in [3.8, 4) is 0 Å². The fraction of sp³-hybridized carbons (Fsp3) is 0.900. The molecule has 1 aliphatic carbocycles. The molecule has 0 amide bonds. The lowest BCUT2D eigenvalue weighted by atomic mass is 10.2. The molecule has 1 aliphatic rings. The summed E-state index contributed by atoms with van der Waals surface area (Å²) in [7, 11) is 0. The van der Waals surface area contributed by atoms with Crippen molar-refractivity contribution >= 4 is 5.97 Å². The van der Waals surface area contributed by atoms with Crippen LogP contribution in [0.5, 0.6) is 0 Å². The van der Waals surface area contributed by atoms with Crippen molar-refractivity contribution in [2.24, 2.45) is 17.6 Å². The Bertz CT molecular complexity index is 194. The molecule has 0 heterocycles. The van der Waals surface area contributed by atoms with Crippen LogP contribution in [0.25, 0.3) is 0 Å². The number of hydrogen-bond donors (Lipinski definition) is 1. The third-order valence-corrected chi connectivity index (χ3v) is 2.04. The second-order valence-corrected chi connectivity index (χ2v) is 4.06. The third kappa shape index (κ3) is 3.64. The SMILES string of the molecule is CC(C)COC1C[C@H]1C(=O)OCCN. The predicted octanol–water partition coefficient (Wildman–Crippen LogP) is 0.549. The second-order valence-electron chi connectivity index (χ2n) is 4.06. The first-order valence-electron chi connectivity index (χ1n) is 5.13. The monoisotopic (exact) mass is 201 g/mol. The van der Waals surface area contributed by atoms with Crippen molar-refractivity contribution in [2.75, 3.05) is 19.8 Å². The predicted molar refractivity (Wildman–Crippen MR) is 52.7 cm³/mol. The quantitative estimate of drug-likeness (QED) is 0.637. The molecule has 1 saturated carbocycles. The van der Waals surface area contributed by atoms with Gasteiger partial charge in [-0.2, -0.15) is 0 Å². The molecule has 2 N–H and O–H groups in total. The van der Waals surface area contributed by atoms with Gasteiger partial charge in [0, 0.05) is 13.2 Å². The summed E-state index contributed by atoms with van der Waals surface area (Å²) in [5.74, 6) is 0.306. The summed E-state index contributed by atoms with van der Waals surface area (Å²) >= 11 is 0. The van der Waals surface area contributed by atoms with Gasteiger partial charge in [-0.3, -0.25) is 4.79 Å². The first kappa shape index (κ1) is 11.5. The lowest BCUT2D eigenvalue weighted by Crippen LogP contribution is -2.17. The Morgan fingerprint density at radius 2 is 2.29 bits per heavy atom. The molecule has 0 aromatic heterocycles. The zero-order chi connectivity index (χ0) is 10.6. The zero-order valence-corrected chi connectivity index (χ0v) is 8.86. The minimum atomic E-state index is -0.163. The molecule has 0 radical (unpaired) electrons. The van der Waals surface area contributed by atoms with Crippen molar-refractivity contribution in [3.05, 3.63) is 0 Å². The lowest BCUT2D eigenvalue weighted by Gasteiger charge is -2.06. The van der Waals surface area contributed by atoms with Gasteiger partial charge in [-0.05, 0) is 12.3 Å². The van der Waals surface area contributed by atoms with Crippen LogP contribution in [0.1, 0.15) is 20.3 Å². The van der Waals surface area contributed by atoms with Crippen LogP contribution in [0.15, 0.2) is 0 Å². The number of ether oxygens (including phenoxy) is 2. The largest absolute Gasteiger partial charge is 0.464 e. The van der Waals surface area contributed by atoms with Crippen LogP contribution < -0.4 is 5.73 Å². The van der Waals surface area contributed by atoms with E-state index in [0.29, 0.717) is 25.7 Å². The van der Waals surface area contributed by atoms with Crippen LogP contribution in [0.2, 0.25) is 0 Å². The van der Waals surface area contributed by atoms with Gasteiger partial charge < -0.3 is 15.2 Å². The minimum Gasteiger partial charge on any atom is -0.464 e. The number of esters is 1. The Morgan fingerprint density at radius 1 is 1.57 bits per heavy atom. The molecule has 1 fully saturated rings. The van der Waals surface area contributed by atoms with E-state index in [1.807, 2.05) is 0 Å². The van der Waals surface area contributed by atoms with Gasteiger partial charge in [0.1, 0.15) is 6.61 Å². The van der Waals surface area contributed by atoms with Crippen molar-refractivity contribution in [3.63, 3.8) is 0 Å². The fourth-order valence-corrected chi connectivity index (χ4v) is 1.19. The molecule has 0 bridgehead atoms. The average Bonchev–Trinajstić information content (AvgIpc) is 2.90. The zero-order valence-electron chi connectivity index (χ0n) is 8.86. The highest BCUT2D eigenvalue weighted by atomic mass is 16.5. The number of rotatable bonds is 6. The van der Waals surface area contributed by atoms with E-state index in [1.165, 1.54) is 0 Å². The molecule has 1 unspecified atom stereocenters. The Balaban J connectivity index is 2.09. The van der Waals surface area contributed by atoms with Crippen LogP contribution in [0.4, 0.5) is 0 Å². The maximum absolute atomic E-state index is 11.3. The summed E-state index contributed by atoms with van der Waals surface area (Å²) in [6, 6.07) is 0. The smallest absolute Gasteiger partial charge is 0.311 e. The van der Waals surface area contributed by atoms with E-state index in [1.54, 1.807) is 0 Å². The van der Waals surface area contributed by atoms with Gasteiger partial charge >= 0.3 is 5.97 Å². The van der Waals surface area contributed by atoms with E-state index < -0.39 is 0 Å². The number of nitrogens with two attached hydrogens (primary N) is 1. The maximum Gasteiger partial charge on any atom is 0.311 e. The Labute approximate surface area is 84.7 Å². The van der Waals surface area contributed by atoms with Crippen LogP contribution >= 0.6 is 0 Å². The van der Waals surface area contributed by atoms with Gasteiger partial charge in [0.15, 0.2) is 0 Å². The molecule has 0 aromatic rings. The molecule has 0 saturated heterocycles. The molecule has 14 heavy (non-hydrogen) atoms. The average molecular weight is 201 g/mol. The minimum absolute atomic E-state index is 0.0414. The highest BCUT2D eigenvalue weighted by Gasteiger charge is 2.45. The van der Waals surface area contributed by atoms with Gasteiger partial charge in [-0.1, -0.05) is 13.8 Å². The summed E-state index contributed by atoms with van der Waals surface area (Å²) in [5, 5.41) is 0. The van der Waals surface area contributed by atoms with E-state index in [0.717, 1.165) is 6.42 Å². The van der Waals surface area contributed by atoms with Gasteiger partial charge in [0.25, 0.3) is 0 Å². The van der Waals surface area contributed by atoms with Crippen LogP contribution in [-0.4, -0.2) is 31.8 Å². The standard InChI is InChI=1S/C10H19NO3/c1-7(2)6-14-9-5-8(9)10(12)13-4-3-11/h7-9H,3-6,11H2,1-2H3/t8-,9?/m1/s1. The van der Waals surface area contributed by atoms with E-state index in [9.17, 15) is 4.79 Å². The van der Waals surface area contributed by atoms with Crippen molar-refractivity contribution in [2.45, 2.75) is 26.4 Å². The molecule has 1 rings (SSSR count). The Kier molecular flexibility index (Phi) is 4.35. The number of hydrogen-bond acceptors (Lipinski definition) is 4. The Morgan fingerprint density at radius 3 is 2.86 bits per heavy atom. The maximum atomic E-state index is 11.3. The second kappa shape index (κ2) is 5.32. The summed E-state index contributed by atoms with van der Waals surface area (Å²) < 4.78 is 10.4. The summed E-state index contributed by atoms with van der Waals surface area (Å²) in [4.78, 5) is 11.3. The molecular formula is C10H19NO3. The summed E-state index contributed by atoms with van der Waals surface area (Å²) in [5.41, 5.74) is 5.22. The first-order chi connectivity index (χ1) is 6.65. The normalized spacial score (nSPS) is 25.1. The van der Waals surface area contributed by atoms with Crippen LogP contribution in [0.3, 0.4) is 0 Å². The fourth-order valence-electron chi connectivity index (χ4n) is 1.19. The molecule has 2 atom stereocenters. The first-order valence-corrected chi connectivity index (χ1v) is 5.13. The molecule has 4 nitrogen and oxygen atoms in total. The molecule has 0 aliphatic heterocycles. The molecule has 82 valence electrons. The molecular weight excluding hydrogens is 182 g/mol. The van der Waals surface area contributed by atoms with Crippen molar-refractivity contribution in [1.82, 2.24) is 0 Å². The van der Waals surface area contributed by atoms with Crippen LogP contribution in [0, 0.1) is 11.8 Å².